The second-order valence-corrected chi connectivity index (χ2v) is 3.87. The van der Waals surface area contributed by atoms with E-state index in [-0.39, 0.29) is 18.1 Å². The molecule has 1 heterocycles. The molecule has 4 nitrogen and oxygen atoms in total. The minimum atomic E-state index is -0.186. The third kappa shape index (κ3) is 4.18. The Labute approximate surface area is 91.3 Å². The molecule has 0 spiro atoms. The van der Waals surface area contributed by atoms with Crippen molar-refractivity contribution in [1.82, 2.24) is 5.32 Å². The van der Waals surface area contributed by atoms with Crippen LogP contribution >= 0.6 is 0 Å². The quantitative estimate of drug-likeness (QED) is 0.698. The van der Waals surface area contributed by atoms with E-state index in [0.717, 1.165) is 25.9 Å². The summed E-state index contributed by atoms with van der Waals surface area (Å²) in [6.07, 6.45) is 4.16. The Hall–Kier alpha value is -0.610. The molecule has 15 heavy (non-hydrogen) atoms. The molecule has 1 rings (SSSR count). The molecular weight excluding hydrogens is 194 g/mol. The van der Waals surface area contributed by atoms with Gasteiger partial charge in [-0.15, -0.1) is 0 Å². The minimum Gasteiger partial charge on any atom is -0.462 e. The van der Waals surface area contributed by atoms with Crippen LogP contribution in [0, 0.1) is 0 Å². The van der Waals surface area contributed by atoms with E-state index in [4.69, 9.17) is 9.47 Å². The number of esters is 1. The summed E-state index contributed by atoms with van der Waals surface area (Å²) in [5.74, 6) is -0.172. The minimum absolute atomic E-state index is 0.108. The summed E-state index contributed by atoms with van der Waals surface area (Å²) in [5.41, 5.74) is 0. The summed E-state index contributed by atoms with van der Waals surface area (Å²) in [6, 6.07) is -0.186. The summed E-state index contributed by atoms with van der Waals surface area (Å²) < 4.78 is 10.7. The summed E-state index contributed by atoms with van der Waals surface area (Å²) in [6.45, 7) is 3.15. The van der Waals surface area contributed by atoms with Crippen LogP contribution in [0.4, 0.5) is 0 Å². The van der Waals surface area contributed by atoms with Gasteiger partial charge in [0.2, 0.25) is 0 Å². The number of hydrogen-bond acceptors (Lipinski definition) is 4. The van der Waals surface area contributed by atoms with Crippen molar-refractivity contribution in [3.8, 4) is 0 Å². The molecule has 88 valence electrons. The predicted octanol–water partition coefficient (Wildman–Crippen LogP) is 1.10. The number of hydrogen-bond donors (Lipinski definition) is 1. The Bertz CT molecular complexity index is 186. The van der Waals surface area contributed by atoms with E-state index in [1.807, 2.05) is 6.92 Å². The summed E-state index contributed by atoms with van der Waals surface area (Å²) in [4.78, 5) is 11.5. The number of nitrogens with one attached hydrogen (secondary N) is 1. The molecule has 0 aromatic carbocycles. The number of carbonyl (C=O) groups is 1. The average Bonchev–Trinajstić information content (AvgIpc) is 2.29. The zero-order chi connectivity index (χ0) is 11.1. The van der Waals surface area contributed by atoms with Crippen molar-refractivity contribution in [2.24, 2.45) is 0 Å². The fourth-order valence-electron chi connectivity index (χ4n) is 1.70. The Morgan fingerprint density at radius 2 is 2.40 bits per heavy atom. The van der Waals surface area contributed by atoms with Gasteiger partial charge in [0, 0.05) is 6.61 Å². The topological polar surface area (TPSA) is 47.6 Å². The maximum Gasteiger partial charge on any atom is 0.323 e. The van der Waals surface area contributed by atoms with Crippen LogP contribution in [0.15, 0.2) is 0 Å². The molecule has 0 saturated carbocycles. The van der Waals surface area contributed by atoms with Gasteiger partial charge in [-0.25, -0.2) is 0 Å². The Morgan fingerprint density at radius 3 is 2.93 bits per heavy atom. The van der Waals surface area contributed by atoms with E-state index in [2.05, 4.69) is 5.32 Å². The highest BCUT2D eigenvalue weighted by molar-refractivity contribution is 5.75. The summed E-state index contributed by atoms with van der Waals surface area (Å²) >= 11 is 0. The highest BCUT2D eigenvalue weighted by atomic mass is 16.6. The highest BCUT2D eigenvalue weighted by Gasteiger charge is 2.19. The maximum absolute atomic E-state index is 11.5. The zero-order valence-corrected chi connectivity index (χ0v) is 9.62. The average molecular weight is 215 g/mol. The van der Waals surface area contributed by atoms with E-state index >= 15 is 0 Å². The van der Waals surface area contributed by atoms with Crippen LogP contribution in [0.3, 0.4) is 0 Å². The number of likely N-dealkylation sites (N-methyl/N-ethyl adjacent to an activating group) is 1. The SMILES string of the molecule is CCC(NC)C(=O)OCC1CCCCO1. The van der Waals surface area contributed by atoms with Crippen molar-refractivity contribution in [2.75, 3.05) is 20.3 Å². The molecule has 0 aromatic rings. The standard InChI is InChI=1S/C11H21NO3/c1-3-10(12-2)11(13)15-8-9-6-4-5-7-14-9/h9-10,12H,3-8H2,1-2H3. The van der Waals surface area contributed by atoms with E-state index in [1.165, 1.54) is 6.42 Å². The molecule has 1 fully saturated rings. The normalized spacial score (nSPS) is 23.5. The number of ether oxygens (including phenoxy) is 2. The van der Waals surface area contributed by atoms with Crippen molar-refractivity contribution >= 4 is 5.97 Å². The summed E-state index contributed by atoms with van der Waals surface area (Å²) in [7, 11) is 1.77. The van der Waals surface area contributed by atoms with E-state index in [1.54, 1.807) is 7.05 Å². The van der Waals surface area contributed by atoms with Gasteiger partial charge in [0.1, 0.15) is 12.6 Å². The van der Waals surface area contributed by atoms with Gasteiger partial charge in [-0.05, 0) is 32.7 Å². The van der Waals surface area contributed by atoms with Crippen LogP contribution in [-0.2, 0) is 14.3 Å². The second kappa shape index (κ2) is 6.80. The highest BCUT2D eigenvalue weighted by Crippen LogP contribution is 2.13. The predicted molar refractivity (Wildman–Crippen MR) is 57.7 cm³/mol. The van der Waals surface area contributed by atoms with Crippen LogP contribution in [0.1, 0.15) is 32.6 Å². The van der Waals surface area contributed by atoms with Gasteiger partial charge in [-0.1, -0.05) is 6.92 Å². The molecule has 1 N–H and O–H groups in total. The third-order valence-corrected chi connectivity index (χ3v) is 2.73. The molecule has 4 heteroatoms. The lowest BCUT2D eigenvalue weighted by molar-refractivity contribution is -0.151. The molecule has 1 aliphatic heterocycles. The fourth-order valence-corrected chi connectivity index (χ4v) is 1.70. The monoisotopic (exact) mass is 215 g/mol. The first-order chi connectivity index (χ1) is 7.27. The van der Waals surface area contributed by atoms with E-state index in [0.29, 0.717) is 6.61 Å². The summed E-state index contributed by atoms with van der Waals surface area (Å²) in [5, 5.41) is 2.92. The largest absolute Gasteiger partial charge is 0.462 e. The zero-order valence-electron chi connectivity index (χ0n) is 9.62. The lowest BCUT2D eigenvalue weighted by Crippen LogP contribution is -2.37. The Balaban J connectivity index is 2.20. The molecule has 0 radical (unpaired) electrons. The van der Waals surface area contributed by atoms with Gasteiger partial charge < -0.3 is 14.8 Å². The molecule has 1 saturated heterocycles. The molecule has 0 aliphatic carbocycles. The van der Waals surface area contributed by atoms with Crippen molar-refractivity contribution in [1.29, 1.82) is 0 Å². The van der Waals surface area contributed by atoms with Gasteiger partial charge in [-0.2, -0.15) is 0 Å². The van der Waals surface area contributed by atoms with Gasteiger partial charge >= 0.3 is 5.97 Å². The van der Waals surface area contributed by atoms with Crippen LogP contribution in [0.25, 0.3) is 0 Å². The Kier molecular flexibility index (Phi) is 5.65. The van der Waals surface area contributed by atoms with E-state index in [9.17, 15) is 4.79 Å². The van der Waals surface area contributed by atoms with Gasteiger partial charge in [0.05, 0.1) is 6.10 Å². The van der Waals surface area contributed by atoms with E-state index < -0.39 is 0 Å². The molecule has 0 aromatic heterocycles. The second-order valence-electron chi connectivity index (χ2n) is 3.87. The molecule has 2 unspecified atom stereocenters. The first kappa shape index (κ1) is 12.5. The number of carbonyl (C=O) groups excluding carboxylic acids is 1. The van der Waals surface area contributed by atoms with Gasteiger partial charge in [0.15, 0.2) is 0 Å². The van der Waals surface area contributed by atoms with Crippen molar-refractivity contribution in [3.63, 3.8) is 0 Å². The van der Waals surface area contributed by atoms with Crippen molar-refractivity contribution in [2.45, 2.75) is 44.8 Å². The Morgan fingerprint density at radius 1 is 1.60 bits per heavy atom. The molecule has 0 amide bonds. The van der Waals surface area contributed by atoms with Gasteiger partial charge in [-0.3, -0.25) is 4.79 Å². The molecule has 1 aliphatic rings. The first-order valence-corrected chi connectivity index (χ1v) is 5.73. The third-order valence-electron chi connectivity index (χ3n) is 2.73. The smallest absolute Gasteiger partial charge is 0.323 e. The van der Waals surface area contributed by atoms with Gasteiger partial charge in [0.25, 0.3) is 0 Å². The van der Waals surface area contributed by atoms with Crippen LogP contribution < -0.4 is 5.32 Å². The molecular formula is C11H21NO3. The maximum atomic E-state index is 11.5. The number of rotatable bonds is 5. The molecule has 0 bridgehead atoms. The fraction of sp³-hybridized carbons (Fsp3) is 0.909. The lowest BCUT2D eigenvalue weighted by atomic mass is 10.1. The van der Waals surface area contributed by atoms with Crippen LogP contribution in [-0.4, -0.2) is 38.4 Å². The molecule has 2 atom stereocenters. The van der Waals surface area contributed by atoms with Crippen molar-refractivity contribution in [3.05, 3.63) is 0 Å². The van der Waals surface area contributed by atoms with Crippen molar-refractivity contribution < 1.29 is 14.3 Å². The van der Waals surface area contributed by atoms with Crippen LogP contribution in [0.2, 0.25) is 0 Å². The van der Waals surface area contributed by atoms with Crippen LogP contribution in [0.5, 0.6) is 0 Å². The lowest BCUT2D eigenvalue weighted by Gasteiger charge is -2.23. The first-order valence-electron chi connectivity index (χ1n) is 5.73.